The highest BCUT2D eigenvalue weighted by Gasteiger charge is 2.31. The molecule has 3 nitrogen and oxygen atoms in total. The van der Waals surface area contributed by atoms with Crippen molar-refractivity contribution in [3.63, 3.8) is 0 Å². The minimum atomic E-state index is -0.848. The van der Waals surface area contributed by atoms with Crippen molar-refractivity contribution < 1.29 is 9.90 Å². The van der Waals surface area contributed by atoms with Gasteiger partial charge in [0.15, 0.2) is 0 Å². The Hall–Kier alpha value is -1.51. The van der Waals surface area contributed by atoms with Crippen LogP contribution in [0.25, 0.3) is 0 Å². The van der Waals surface area contributed by atoms with Crippen LogP contribution in [0.5, 0.6) is 0 Å². The SMILES string of the molecule is CC1CCCC(N(C)c2ccccc2C(=O)O)C1C. The fraction of sp³-hybridized carbons (Fsp3) is 0.562. The molecule has 0 heterocycles. The Kier molecular flexibility index (Phi) is 4.13. The molecule has 1 aromatic carbocycles. The predicted octanol–water partition coefficient (Wildman–Crippen LogP) is 3.65. The van der Waals surface area contributed by atoms with Crippen LogP contribution in [0.15, 0.2) is 24.3 Å². The monoisotopic (exact) mass is 261 g/mol. The van der Waals surface area contributed by atoms with Crippen molar-refractivity contribution in [1.82, 2.24) is 0 Å². The van der Waals surface area contributed by atoms with Gasteiger partial charge < -0.3 is 10.0 Å². The van der Waals surface area contributed by atoms with Crippen LogP contribution in [0, 0.1) is 11.8 Å². The van der Waals surface area contributed by atoms with Crippen LogP contribution in [0.4, 0.5) is 5.69 Å². The quantitative estimate of drug-likeness (QED) is 0.903. The van der Waals surface area contributed by atoms with Crippen molar-refractivity contribution >= 4 is 11.7 Å². The molecule has 104 valence electrons. The molecule has 3 unspecified atom stereocenters. The van der Waals surface area contributed by atoms with Crippen LogP contribution >= 0.6 is 0 Å². The molecule has 1 aliphatic rings. The maximum atomic E-state index is 11.3. The van der Waals surface area contributed by atoms with Gasteiger partial charge in [-0.1, -0.05) is 38.8 Å². The van der Waals surface area contributed by atoms with Crippen molar-refractivity contribution in [2.75, 3.05) is 11.9 Å². The first-order valence-electron chi connectivity index (χ1n) is 7.07. The van der Waals surface area contributed by atoms with E-state index < -0.39 is 5.97 Å². The molecular formula is C16H23NO2. The number of carboxylic acids is 1. The van der Waals surface area contributed by atoms with Crippen LogP contribution in [-0.2, 0) is 0 Å². The number of benzene rings is 1. The van der Waals surface area contributed by atoms with Gasteiger partial charge in [-0.25, -0.2) is 4.79 Å². The Balaban J connectivity index is 2.28. The summed E-state index contributed by atoms with van der Waals surface area (Å²) in [5, 5.41) is 9.30. The van der Waals surface area contributed by atoms with E-state index in [4.69, 9.17) is 0 Å². The maximum Gasteiger partial charge on any atom is 0.337 e. The zero-order valence-electron chi connectivity index (χ0n) is 12.0. The Morgan fingerprint density at radius 2 is 1.95 bits per heavy atom. The summed E-state index contributed by atoms with van der Waals surface area (Å²) in [5.74, 6) is 0.456. The second-order valence-corrected chi connectivity index (χ2v) is 5.77. The topological polar surface area (TPSA) is 40.5 Å². The third-order valence-electron chi connectivity index (χ3n) is 4.68. The second kappa shape index (κ2) is 5.64. The van der Waals surface area contributed by atoms with E-state index in [1.165, 1.54) is 12.8 Å². The first-order valence-corrected chi connectivity index (χ1v) is 7.07. The molecule has 3 atom stereocenters. The maximum absolute atomic E-state index is 11.3. The normalized spacial score (nSPS) is 27.0. The van der Waals surface area contributed by atoms with E-state index in [1.807, 2.05) is 19.2 Å². The fourth-order valence-corrected chi connectivity index (χ4v) is 3.24. The van der Waals surface area contributed by atoms with Crippen molar-refractivity contribution in [3.8, 4) is 0 Å². The van der Waals surface area contributed by atoms with E-state index in [2.05, 4.69) is 18.7 Å². The molecule has 2 rings (SSSR count). The van der Waals surface area contributed by atoms with Crippen LogP contribution < -0.4 is 4.90 Å². The minimum absolute atomic E-state index is 0.399. The van der Waals surface area contributed by atoms with Crippen LogP contribution in [0.2, 0.25) is 0 Å². The fourth-order valence-electron chi connectivity index (χ4n) is 3.24. The van der Waals surface area contributed by atoms with Crippen LogP contribution in [0.1, 0.15) is 43.5 Å². The molecule has 0 radical (unpaired) electrons. The molecule has 19 heavy (non-hydrogen) atoms. The van der Waals surface area contributed by atoms with Crippen molar-refractivity contribution in [2.24, 2.45) is 11.8 Å². The molecular weight excluding hydrogens is 238 g/mol. The van der Waals surface area contributed by atoms with Crippen molar-refractivity contribution in [3.05, 3.63) is 29.8 Å². The smallest absolute Gasteiger partial charge is 0.337 e. The number of anilines is 1. The molecule has 1 fully saturated rings. The third-order valence-corrected chi connectivity index (χ3v) is 4.68. The Bertz CT molecular complexity index is 458. The van der Waals surface area contributed by atoms with Gasteiger partial charge in [0, 0.05) is 13.1 Å². The average Bonchev–Trinajstić information content (AvgIpc) is 2.41. The molecule has 1 aliphatic carbocycles. The molecule has 0 aliphatic heterocycles. The van der Waals surface area contributed by atoms with E-state index in [1.54, 1.807) is 12.1 Å². The van der Waals surface area contributed by atoms with Gasteiger partial charge in [-0.2, -0.15) is 0 Å². The summed E-state index contributed by atoms with van der Waals surface area (Å²) < 4.78 is 0. The van der Waals surface area contributed by atoms with Gasteiger partial charge in [0.25, 0.3) is 0 Å². The lowest BCUT2D eigenvalue weighted by molar-refractivity contribution is 0.0697. The molecule has 0 bridgehead atoms. The van der Waals surface area contributed by atoms with Crippen LogP contribution in [-0.4, -0.2) is 24.2 Å². The zero-order chi connectivity index (χ0) is 14.0. The molecule has 0 spiro atoms. The minimum Gasteiger partial charge on any atom is -0.478 e. The molecule has 1 N–H and O–H groups in total. The number of nitrogens with zero attached hydrogens (tertiary/aromatic N) is 1. The summed E-state index contributed by atoms with van der Waals surface area (Å²) >= 11 is 0. The van der Waals surface area contributed by atoms with Crippen molar-refractivity contribution in [2.45, 2.75) is 39.2 Å². The lowest BCUT2D eigenvalue weighted by Gasteiger charge is -2.41. The van der Waals surface area contributed by atoms with Crippen LogP contribution in [0.3, 0.4) is 0 Å². The molecule has 1 aromatic rings. The van der Waals surface area contributed by atoms with E-state index in [-0.39, 0.29) is 0 Å². The molecule has 0 amide bonds. The summed E-state index contributed by atoms with van der Waals surface area (Å²) in [6, 6.07) is 7.73. The number of aromatic carboxylic acids is 1. The number of carboxylic acid groups (broad SMARTS) is 1. The molecule has 3 heteroatoms. The van der Waals surface area contributed by atoms with E-state index in [0.717, 1.165) is 12.1 Å². The highest BCUT2D eigenvalue weighted by atomic mass is 16.4. The number of hydrogen-bond donors (Lipinski definition) is 1. The number of hydrogen-bond acceptors (Lipinski definition) is 2. The van der Waals surface area contributed by atoms with Gasteiger partial charge in [0.05, 0.1) is 11.3 Å². The molecule has 1 saturated carbocycles. The van der Waals surface area contributed by atoms with E-state index in [0.29, 0.717) is 23.4 Å². The summed E-state index contributed by atoms with van der Waals surface area (Å²) in [6.45, 7) is 4.59. The average molecular weight is 261 g/mol. The summed E-state index contributed by atoms with van der Waals surface area (Å²) in [5.41, 5.74) is 1.23. The van der Waals surface area contributed by atoms with Gasteiger partial charge in [-0.15, -0.1) is 0 Å². The highest BCUT2D eigenvalue weighted by molar-refractivity contribution is 5.94. The lowest BCUT2D eigenvalue weighted by atomic mass is 9.77. The van der Waals surface area contributed by atoms with Gasteiger partial charge in [0.2, 0.25) is 0 Å². The Labute approximate surface area is 115 Å². The van der Waals surface area contributed by atoms with Gasteiger partial charge in [-0.3, -0.25) is 0 Å². The number of para-hydroxylation sites is 1. The summed E-state index contributed by atoms with van der Waals surface area (Å²) in [4.78, 5) is 13.5. The van der Waals surface area contributed by atoms with E-state index in [9.17, 15) is 9.90 Å². The standard InChI is InChI=1S/C16H23NO2/c1-11-7-6-10-14(12(11)2)17(3)15-9-5-4-8-13(15)16(18)19/h4-5,8-9,11-12,14H,6-7,10H2,1-3H3,(H,18,19). The lowest BCUT2D eigenvalue weighted by Crippen LogP contribution is -2.42. The number of rotatable bonds is 3. The predicted molar refractivity (Wildman–Crippen MR) is 77.8 cm³/mol. The van der Waals surface area contributed by atoms with Gasteiger partial charge in [-0.05, 0) is 30.4 Å². The first-order chi connectivity index (χ1) is 9.02. The van der Waals surface area contributed by atoms with Crippen molar-refractivity contribution in [1.29, 1.82) is 0 Å². The summed E-state index contributed by atoms with van der Waals surface area (Å²) in [6.07, 6.45) is 3.66. The van der Waals surface area contributed by atoms with Gasteiger partial charge >= 0.3 is 5.97 Å². The van der Waals surface area contributed by atoms with E-state index >= 15 is 0 Å². The van der Waals surface area contributed by atoms with Gasteiger partial charge in [0.1, 0.15) is 0 Å². The zero-order valence-corrected chi connectivity index (χ0v) is 12.0. The highest BCUT2D eigenvalue weighted by Crippen LogP contribution is 2.35. The largest absolute Gasteiger partial charge is 0.478 e. The second-order valence-electron chi connectivity index (χ2n) is 5.77. The third kappa shape index (κ3) is 2.75. The molecule has 0 saturated heterocycles. The summed E-state index contributed by atoms with van der Waals surface area (Å²) in [7, 11) is 2.03. The molecule has 0 aromatic heterocycles. The Morgan fingerprint density at radius 3 is 2.63 bits per heavy atom. The first kappa shape index (κ1) is 13.9. The Morgan fingerprint density at radius 1 is 1.26 bits per heavy atom. The number of carbonyl (C=O) groups is 1.